The normalized spacial score (nSPS) is 45.7. The minimum absolute atomic E-state index is 0.00688. The topological polar surface area (TPSA) is 77.8 Å². The van der Waals surface area contributed by atoms with Gasteiger partial charge in [-0.2, -0.15) is 0 Å². The summed E-state index contributed by atoms with van der Waals surface area (Å²) in [5.74, 6) is -2.65. The zero-order valence-corrected chi connectivity index (χ0v) is 22.1. The van der Waals surface area contributed by atoms with Crippen molar-refractivity contribution < 1.29 is 28.6 Å². The molecule has 4 aliphatic carbocycles. The van der Waals surface area contributed by atoms with Crippen LogP contribution in [0.3, 0.4) is 0 Å². The number of carbonyl (C=O) groups is 2. The molecule has 4 fully saturated rings. The number of aliphatic carboxylic acids is 1. The highest BCUT2D eigenvalue weighted by Crippen LogP contribution is 2.74. The van der Waals surface area contributed by atoms with Gasteiger partial charge >= 0.3 is 5.97 Å². The second-order valence-corrected chi connectivity index (χ2v) is 12.9. The predicted molar refractivity (Wildman–Crippen MR) is 139 cm³/mol. The number of alkyl halides is 2. The maximum Gasteiger partial charge on any atom is 0.311 e. The quantitative estimate of drug-likeness (QED) is 0.590. The standard InChI is InChI=1S/C31H37F2NO4/c1-28-11-10-21(35)14-24(28)25(32)15-23-22-13-20-17-34(12-6-9-19-7-4-3-5-8-19)18-30(20,27(37)38)29(22,2)16-26(36)31(23,28)33/h3-5,7-8,10-11,14,20,22-23,25-26,36H,6,9,12-13,15-18H2,1-2H3,(H,37,38)/t20-,22-,23-,25-,26-,28-,29-,30+,31-/m0/s1. The summed E-state index contributed by atoms with van der Waals surface area (Å²) in [5, 5.41) is 22.3. The van der Waals surface area contributed by atoms with Crippen molar-refractivity contribution >= 4 is 11.8 Å². The van der Waals surface area contributed by atoms with Gasteiger partial charge in [-0.15, -0.1) is 0 Å². The molecule has 1 aliphatic heterocycles. The third-order valence-electron chi connectivity index (χ3n) is 11.4. The Morgan fingerprint density at radius 3 is 2.61 bits per heavy atom. The lowest BCUT2D eigenvalue weighted by molar-refractivity contribution is -0.215. The van der Waals surface area contributed by atoms with Crippen LogP contribution in [0.2, 0.25) is 0 Å². The summed E-state index contributed by atoms with van der Waals surface area (Å²) >= 11 is 0. The number of ketones is 1. The highest BCUT2D eigenvalue weighted by molar-refractivity contribution is 6.01. The molecule has 38 heavy (non-hydrogen) atoms. The number of carboxylic acid groups (broad SMARTS) is 1. The number of fused-ring (bicyclic) bond motifs is 7. The van der Waals surface area contributed by atoms with Gasteiger partial charge in [-0.1, -0.05) is 43.3 Å². The van der Waals surface area contributed by atoms with Crippen molar-refractivity contribution in [1.29, 1.82) is 0 Å². The van der Waals surface area contributed by atoms with Gasteiger partial charge in [0.1, 0.15) is 6.17 Å². The van der Waals surface area contributed by atoms with Crippen LogP contribution in [0.15, 0.2) is 54.1 Å². The van der Waals surface area contributed by atoms with Gasteiger partial charge in [-0.05, 0) is 86.1 Å². The number of allylic oxidation sites excluding steroid dienone is 4. The van der Waals surface area contributed by atoms with Crippen LogP contribution in [0.1, 0.15) is 45.1 Å². The number of halogens is 2. The Labute approximate surface area is 222 Å². The summed E-state index contributed by atoms with van der Waals surface area (Å²) in [5.41, 5.74) is -4.25. The lowest BCUT2D eigenvalue weighted by Gasteiger charge is -2.63. The molecule has 0 unspecified atom stereocenters. The number of aryl methyl sites for hydroxylation is 1. The largest absolute Gasteiger partial charge is 0.481 e. The molecule has 9 atom stereocenters. The van der Waals surface area contributed by atoms with E-state index in [-0.39, 0.29) is 36.0 Å². The maximum absolute atomic E-state index is 17.4. The van der Waals surface area contributed by atoms with Crippen molar-refractivity contribution in [2.75, 3.05) is 19.6 Å². The molecule has 3 saturated carbocycles. The van der Waals surface area contributed by atoms with E-state index in [1.807, 2.05) is 25.1 Å². The Morgan fingerprint density at radius 2 is 1.89 bits per heavy atom. The van der Waals surface area contributed by atoms with E-state index in [0.717, 1.165) is 19.4 Å². The monoisotopic (exact) mass is 525 g/mol. The molecular formula is C31H37F2NO4. The number of carbonyl (C=O) groups excluding carboxylic acids is 1. The second kappa shape index (κ2) is 8.56. The molecule has 6 rings (SSSR count). The zero-order valence-electron chi connectivity index (χ0n) is 22.1. The molecule has 7 heteroatoms. The van der Waals surface area contributed by atoms with Gasteiger partial charge in [0.2, 0.25) is 0 Å². The maximum atomic E-state index is 17.4. The van der Waals surface area contributed by atoms with Crippen molar-refractivity contribution in [3.8, 4) is 0 Å². The number of aliphatic hydroxyl groups excluding tert-OH is 1. The predicted octanol–water partition coefficient (Wildman–Crippen LogP) is 4.55. The number of rotatable bonds is 5. The number of likely N-dealkylation sites (tertiary alicyclic amines) is 1. The smallest absolute Gasteiger partial charge is 0.311 e. The summed E-state index contributed by atoms with van der Waals surface area (Å²) in [7, 11) is 0. The fourth-order valence-electron chi connectivity index (χ4n) is 9.55. The second-order valence-electron chi connectivity index (χ2n) is 12.9. The third-order valence-corrected chi connectivity index (χ3v) is 11.4. The van der Waals surface area contributed by atoms with E-state index in [2.05, 4.69) is 17.0 Å². The Hall–Kier alpha value is -2.38. The SMILES string of the molecule is C[C@]12C=CC(=O)C=C1[C@@H](F)C[C@H]1[C@@H]3C[C@H]4CN(CCCc5ccccc5)C[C@@]4(C(=O)O)[C@@]3(C)C[C@H](O)[C@@]12F. The highest BCUT2D eigenvalue weighted by atomic mass is 19.1. The minimum atomic E-state index is -2.17. The van der Waals surface area contributed by atoms with Crippen LogP contribution in [0.4, 0.5) is 8.78 Å². The van der Waals surface area contributed by atoms with Crippen LogP contribution >= 0.6 is 0 Å². The molecule has 1 aromatic rings. The van der Waals surface area contributed by atoms with E-state index in [9.17, 15) is 19.8 Å². The van der Waals surface area contributed by atoms with E-state index in [1.165, 1.54) is 23.8 Å². The summed E-state index contributed by atoms with van der Waals surface area (Å²) in [4.78, 5) is 27.4. The minimum Gasteiger partial charge on any atom is -0.481 e. The lowest BCUT2D eigenvalue weighted by atomic mass is 9.43. The molecular weight excluding hydrogens is 488 g/mol. The van der Waals surface area contributed by atoms with Gasteiger partial charge in [0, 0.05) is 24.4 Å². The van der Waals surface area contributed by atoms with Crippen molar-refractivity contribution in [3.63, 3.8) is 0 Å². The van der Waals surface area contributed by atoms with Crippen molar-refractivity contribution in [3.05, 3.63) is 59.7 Å². The molecule has 1 aromatic carbocycles. The van der Waals surface area contributed by atoms with Crippen molar-refractivity contribution in [2.24, 2.45) is 34.0 Å². The number of benzene rings is 1. The van der Waals surface area contributed by atoms with Gasteiger partial charge in [0.05, 0.1) is 11.5 Å². The van der Waals surface area contributed by atoms with Crippen LogP contribution in [-0.2, 0) is 16.0 Å². The molecule has 2 N–H and O–H groups in total. The number of hydrogen-bond donors (Lipinski definition) is 2. The van der Waals surface area contributed by atoms with Crippen molar-refractivity contribution in [1.82, 2.24) is 4.90 Å². The first-order valence-corrected chi connectivity index (χ1v) is 13.9. The van der Waals surface area contributed by atoms with E-state index in [1.54, 1.807) is 6.92 Å². The van der Waals surface area contributed by atoms with E-state index >= 15 is 8.78 Å². The van der Waals surface area contributed by atoms with Gasteiger partial charge in [0.25, 0.3) is 0 Å². The zero-order chi connectivity index (χ0) is 27.1. The van der Waals surface area contributed by atoms with Gasteiger partial charge in [-0.25, -0.2) is 8.78 Å². The molecule has 5 aliphatic rings. The Kier molecular flexibility index (Phi) is 5.83. The van der Waals surface area contributed by atoms with Gasteiger partial charge in [0.15, 0.2) is 11.5 Å². The Morgan fingerprint density at radius 1 is 1.16 bits per heavy atom. The van der Waals surface area contributed by atoms with Crippen LogP contribution in [-0.4, -0.2) is 64.4 Å². The van der Waals surface area contributed by atoms with E-state index in [4.69, 9.17) is 0 Å². The fourth-order valence-corrected chi connectivity index (χ4v) is 9.55. The van der Waals surface area contributed by atoms with Gasteiger partial charge in [-0.3, -0.25) is 9.59 Å². The molecule has 0 bridgehead atoms. The Balaban J connectivity index is 1.30. The molecule has 204 valence electrons. The lowest BCUT2D eigenvalue weighted by Crippen LogP contribution is -2.69. The molecule has 0 spiro atoms. The molecule has 0 radical (unpaired) electrons. The summed E-state index contributed by atoms with van der Waals surface area (Å²) in [6.07, 6.45) is 3.13. The fraction of sp³-hybridized carbons (Fsp3) is 0.613. The number of nitrogens with zero attached hydrogens (tertiary/aromatic N) is 1. The van der Waals surface area contributed by atoms with Crippen LogP contribution in [0.25, 0.3) is 0 Å². The summed E-state index contributed by atoms with van der Waals surface area (Å²) < 4.78 is 33.0. The highest BCUT2D eigenvalue weighted by Gasteiger charge is 2.78. The van der Waals surface area contributed by atoms with Gasteiger partial charge < -0.3 is 15.1 Å². The molecule has 0 amide bonds. The van der Waals surface area contributed by atoms with Crippen LogP contribution in [0, 0.1) is 34.0 Å². The number of carboxylic acids is 1. The summed E-state index contributed by atoms with van der Waals surface area (Å²) in [6.45, 7) is 5.25. The molecule has 1 heterocycles. The molecule has 0 aromatic heterocycles. The number of hydrogen-bond acceptors (Lipinski definition) is 4. The number of aliphatic hydroxyl groups is 1. The van der Waals surface area contributed by atoms with Crippen LogP contribution in [0.5, 0.6) is 0 Å². The van der Waals surface area contributed by atoms with Crippen molar-refractivity contribution in [2.45, 2.75) is 63.9 Å². The molecule has 5 nitrogen and oxygen atoms in total. The third kappa shape index (κ3) is 3.21. The first-order chi connectivity index (χ1) is 18.0. The van der Waals surface area contributed by atoms with E-state index in [0.29, 0.717) is 19.5 Å². The summed E-state index contributed by atoms with van der Waals surface area (Å²) in [6, 6.07) is 10.2. The average molecular weight is 526 g/mol. The Bertz CT molecular complexity index is 1220. The van der Waals surface area contributed by atoms with Crippen LogP contribution < -0.4 is 0 Å². The molecule has 1 saturated heterocycles. The first kappa shape index (κ1) is 25.9. The average Bonchev–Trinajstić information content (AvgIpc) is 3.36. The first-order valence-electron chi connectivity index (χ1n) is 13.9. The van der Waals surface area contributed by atoms with E-state index < -0.39 is 46.1 Å².